The fourth-order valence-corrected chi connectivity index (χ4v) is 1.76. The molecule has 0 saturated heterocycles. The molecule has 0 radical (unpaired) electrons. The largest absolute Gasteiger partial charge is 0.438 e. The standard InChI is InChI=1S/C13H12BrFN2O/c1-8(16)9-4-5-17-13(6-9)18-12-7-10(15)2-3-11(12)14/h2-8H,16H2,1H3/t8-/m1/s1. The van der Waals surface area contributed by atoms with E-state index in [1.807, 2.05) is 13.0 Å². The van der Waals surface area contributed by atoms with E-state index in [1.54, 1.807) is 18.3 Å². The third kappa shape index (κ3) is 3.05. The second kappa shape index (κ2) is 5.46. The molecule has 0 aliphatic heterocycles. The molecule has 3 nitrogen and oxygen atoms in total. The van der Waals surface area contributed by atoms with E-state index in [0.717, 1.165) is 5.56 Å². The molecule has 2 rings (SSSR count). The quantitative estimate of drug-likeness (QED) is 0.938. The van der Waals surface area contributed by atoms with Crippen LogP contribution < -0.4 is 10.5 Å². The molecule has 5 heteroatoms. The zero-order valence-corrected chi connectivity index (χ0v) is 11.3. The van der Waals surface area contributed by atoms with Gasteiger partial charge in [-0.15, -0.1) is 0 Å². The number of nitrogens with zero attached hydrogens (tertiary/aromatic N) is 1. The van der Waals surface area contributed by atoms with E-state index in [0.29, 0.717) is 16.1 Å². The average Bonchev–Trinajstić information content (AvgIpc) is 2.34. The van der Waals surface area contributed by atoms with E-state index in [1.165, 1.54) is 12.1 Å². The summed E-state index contributed by atoms with van der Waals surface area (Å²) in [7, 11) is 0. The Labute approximate surface area is 113 Å². The van der Waals surface area contributed by atoms with Gasteiger partial charge in [0.15, 0.2) is 0 Å². The molecule has 1 heterocycles. The number of hydrogen-bond donors (Lipinski definition) is 1. The summed E-state index contributed by atoms with van der Waals surface area (Å²) in [6, 6.07) is 7.68. The fourth-order valence-electron chi connectivity index (χ4n) is 1.43. The van der Waals surface area contributed by atoms with Crippen LogP contribution >= 0.6 is 15.9 Å². The predicted octanol–water partition coefficient (Wildman–Crippen LogP) is 3.80. The van der Waals surface area contributed by atoms with Crippen LogP contribution in [-0.2, 0) is 0 Å². The zero-order valence-electron chi connectivity index (χ0n) is 9.73. The SMILES string of the molecule is C[C@@H](N)c1ccnc(Oc2cc(F)ccc2Br)c1. The lowest BCUT2D eigenvalue weighted by Crippen LogP contribution is -2.05. The molecule has 94 valence electrons. The third-order valence-corrected chi connectivity index (χ3v) is 3.05. The van der Waals surface area contributed by atoms with Crippen molar-refractivity contribution in [1.82, 2.24) is 4.98 Å². The Morgan fingerprint density at radius 3 is 2.83 bits per heavy atom. The Balaban J connectivity index is 2.28. The van der Waals surface area contributed by atoms with Gasteiger partial charge in [0.2, 0.25) is 5.88 Å². The number of benzene rings is 1. The number of aromatic nitrogens is 1. The maximum Gasteiger partial charge on any atom is 0.219 e. The van der Waals surface area contributed by atoms with Crippen molar-refractivity contribution in [3.63, 3.8) is 0 Å². The lowest BCUT2D eigenvalue weighted by atomic mass is 10.1. The van der Waals surface area contributed by atoms with E-state index >= 15 is 0 Å². The first-order chi connectivity index (χ1) is 8.56. The number of rotatable bonds is 3. The first-order valence-corrected chi connectivity index (χ1v) is 6.20. The van der Waals surface area contributed by atoms with Crippen LogP contribution in [0, 0.1) is 5.82 Å². The number of nitrogens with two attached hydrogens (primary N) is 1. The van der Waals surface area contributed by atoms with Crippen LogP contribution in [0.25, 0.3) is 0 Å². The molecule has 0 aliphatic carbocycles. The second-order valence-electron chi connectivity index (χ2n) is 3.89. The van der Waals surface area contributed by atoms with Gasteiger partial charge >= 0.3 is 0 Å². The molecule has 0 unspecified atom stereocenters. The molecule has 0 bridgehead atoms. The van der Waals surface area contributed by atoms with Crippen molar-refractivity contribution in [2.75, 3.05) is 0 Å². The monoisotopic (exact) mass is 310 g/mol. The highest BCUT2D eigenvalue weighted by molar-refractivity contribution is 9.10. The summed E-state index contributed by atoms with van der Waals surface area (Å²) in [5.41, 5.74) is 6.69. The second-order valence-corrected chi connectivity index (χ2v) is 4.75. The van der Waals surface area contributed by atoms with Crippen molar-refractivity contribution < 1.29 is 9.13 Å². The molecule has 2 aromatic rings. The molecule has 0 amide bonds. The van der Waals surface area contributed by atoms with Gasteiger partial charge in [0.05, 0.1) is 4.47 Å². The van der Waals surface area contributed by atoms with Crippen LogP contribution in [0.1, 0.15) is 18.5 Å². The minimum atomic E-state index is -0.364. The Bertz CT molecular complexity index is 560. The lowest BCUT2D eigenvalue weighted by Gasteiger charge is -2.09. The van der Waals surface area contributed by atoms with Gasteiger partial charge in [-0.1, -0.05) is 0 Å². The van der Waals surface area contributed by atoms with Gasteiger partial charge in [0.1, 0.15) is 11.6 Å². The summed E-state index contributed by atoms with van der Waals surface area (Å²) in [5.74, 6) is 0.400. The van der Waals surface area contributed by atoms with Crippen molar-refractivity contribution in [3.05, 3.63) is 52.4 Å². The first-order valence-electron chi connectivity index (χ1n) is 5.40. The maximum atomic E-state index is 13.1. The van der Waals surface area contributed by atoms with Gasteiger partial charge in [0, 0.05) is 24.4 Å². The van der Waals surface area contributed by atoms with Crippen molar-refractivity contribution in [2.24, 2.45) is 5.73 Å². The average molecular weight is 311 g/mol. The van der Waals surface area contributed by atoms with Crippen LogP contribution in [0.5, 0.6) is 11.6 Å². The van der Waals surface area contributed by atoms with Crippen LogP contribution in [0.2, 0.25) is 0 Å². The predicted molar refractivity (Wildman–Crippen MR) is 71.0 cm³/mol. The molecule has 0 saturated carbocycles. The zero-order chi connectivity index (χ0) is 13.1. The van der Waals surface area contributed by atoms with Crippen LogP contribution in [0.4, 0.5) is 4.39 Å². The number of hydrogen-bond acceptors (Lipinski definition) is 3. The molecule has 0 aliphatic rings. The third-order valence-electron chi connectivity index (χ3n) is 2.39. The fraction of sp³-hybridized carbons (Fsp3) is 0.154. The Morgan fingerprint density at radius 2 is 2.11 bits per heavy atom. The summed E-state index contributed by atoms with van der Waals surface area (Å²) in [5, 5.41) is 0. The summed E-state index contributed by atoms with van der Waals surface area (Å²) in [4.78, 5) is 4.07. The summed E-state index contributed by atoms with van der Waals surface area (Å²) >= 11 is 3.29. The maximum absolute atomic E-state index is 13.1. The Morgan fingerprint density at radius 1 is 1.33 bits per heavy atom. The lowest BCUT2D eigenvalue weighted by molar-refractivity contribution is 0.454. The molecule has 1 atom stereocenters. The van der Waals surface area contributed by atoms with E-state index in [9.17, 15) is 4.39 Å². The first kappa shape index (κ1) is 13.0. The highest BCUT2D eigenvalue weighted by Gasteiger charge is 2.07. The molecular weight excluding hydrogens is 299 g/mol. The topological polar surface area (TPSA) is 48.1 Å². The highest BCUT2D eigenvalue weighted by atomic mass is 79.9. The minimum Gasteiger partial charge on any atom is -0.438 e. The van der Waals surface area contributed by atoms with Gasteiger partial charge in [-0.25, -0.2) is 9.37 Å². The van der Waals surface area contributed by atoms with E-state index in [-0.39, 0.29) is 11.9 Å². The summed E-state index contributed by atoms with van der Waals surface area (Å²) < 4.78 is 19.3. The van der Waals surface area contributed by atoms with Crippen LogP contribution in [0.3, 0.4) is 0 Å². The molecule has 2 N–H and O–H groups in total. The van der Waals surface area contributed by atoms with Gasteiger partial charge in [-0.2, -0.15) is 0 Å². The number of ether oxygens (including phenoxy) is 1. The van der Waals surface area contributed by atoms with E-state index in [2.05, 4.69) is 20.9 Å². The van der Waals surface area contributed by atoms with Crippen molar-refractivity contribution in [1.29, 1.82) is 0 Å². The molecule has 18 heavy (non-hydrogen) atoms. The smallest absolute Gasteiger partial charge is 0.219 e. The summed E-state index contributed by atoms with van der Waals surface area (Å²) in [6.45, 7) is 1.87. The van der Waals surface area contributed by atoms with Gasteiger partial charge < -0.3 is 10.5 Å². The van der Waals surface area contributed by atoms with Crippen molar-refractivity contribution in [2.45, 2.75) is 13.0 Å². The van der Waals surface area contributed by atoms with Gasteiger partial charge in [-0.05, 0) is 46.6 Å². The van der Waals surface area contributed by atoms with E-state index in [4.69, 9.17) is 10.5 Å². The highest BCUT2D eigenvalue weighted by Crippen LogP contribution is 2.30. The van der Waals surface area contributed by atoms with Crippen LogP contribution in [0.15, 0.2) is 41.0 Å². The minimum absolute atomic E-state index is 0.105. The van der Waals surface area contributed by atoms with E-state index < -0.39 is 0 Å². The molecule has 1 aromatic carbocycles. The Hall–Kier alpha value is -1.46. The van der Waals surface area contributed by atoms with Crippen LogP contribution in [-0.4, -0.2) is 4.98 Å². The number of halogens is 2. The molecular formula is C13H12BrFN2O. The molecule has 0 spiro atoms. The van der Waals surface area contributed by atoms with Gasteiger partial charge in [0.25, 0.3) is 0 Å². The Kier molecular flexibility index (Phi) is 3.93. The molecule has 0 fully saturated rings. The number of pyridine rings is 1. The van der Waals surface area contributed by atoms with Crippen molar-refractivity contribution in [3.8, 4) is 11.6 Å². The van der Waals surface area contributed by atoms with Crippen molar-refractivity contribution >= 4 is 15.9 Å². The van der Waals surface area contributed by atoms with Gasteiger partial charge in [-0.3, -0.25) is 0 Å². The molecule has 1 aromatic heterocycles. The normalized spacial score (nSPS) is 12.2. The summed E-state index contributed by atoms with van der Waals surface area (Å²) in [6.07, 6.45) is 1.61.